The first kappa shape index (κ1) is 18.2. The molecule has 2 N–H and O–H groups in total. The topological polar surface area (TPSA) is 75.9 Å². The minimum Gasteiger partial charge on any atom is -0.444 e. The van der Waals surface area contributed by atoms with E-state index in [1.165, 1.54) is 0 Å². The van der Waals surface area contributed by atoms with E-state index in [2.05, 4.69) is 15.9 Å². The molecule has 2 fully saturated rings. The van der Waals surface area contributed by atoms with Crippen LogP contribution >= 0.6 is 15.9 Å². The number of hydrogen-bond acceptors (Lipinski definition) is 4. The summed E-state index contributed by atoms with van der Waals surface area (Å²) < 4.78 is 6.43. The molecule has 0 spiro atoms. The summed E-state index contributed by atoms with van der Waals surface area (Å²) in [6, 6.07) is 6.71. The number of carbonyl (C=O) groups is 2. The van der Waals surface area contributed by atoms with E-state index in [-0.39, 0.29) is 17.9 Å². The number of hydrogen-bond donors (Lipinski definition) is 1. The third-order valence-electron chi connectivity index (χ3n) is 4.78. The number of fused-ring (bicyclic) bond motifs is 2. The van der Waals surface area contributed by atoms with Gasteiger partial charge in [-0.3, -0.25) is 9.69 Å². The van der Waals surface area contributed by atoms with Crippen LogP contribution in [0.15, 0.2) is 28.7 Å². The quantitative estimate of drug-likeness (QED) is 0.461. The van der Waals surface area contributed by atoms with Crippen LogP contribution in [0.25, 0.3) is 0 Å². The summed E-state index contributed by atoms with van der Waals surface area (Å²) in [7, 11) is 0. The number of nitrogens with two attached hydrogens (primary N) is 1. The van der Waals surface area contributed by atoms with Crippen LogP contribution in [0.3, 0.4) is 0 Å². The molecule has 2 bridgehead atoms. The average molecular weight is 410 g/mol. The first-order valence-corrected chi connectivity index (χ1v) is 9.32. The summed E-state index contributed by atoms with van der Waals surface area (Å²) in [5.74, 6) is 5.96. The molecule has 6 nitrogen and oxygen atoms in total. The highest BCUT2D eigenvalue weighted by Crippen LogP contribution is 2.43. The maximum absolute atomic E-state index is 13.0. The number of hydrazine groups is 1. The number of piperidine rings is 1. The molecule has 0 radical (unpaired) electrons. The molecular weight excluding hydrogens is 386 g/mol. The van der Waals surface area contributed by atoms with Crippen LogP contribution in [0, 0.1) is 5.92 Å². The molecule has 1 saturated heterocycles. The van der Waals surface area contributed by atoms with Gasteiger partial charge in [0.15, 0.2) is 0 Å². The Morgan fingerprint density at radius 2 is 1.88 bits per heavy atom. The van der Waals surface area contributed by atoms with Gasteiger partial charge < -0.3 is 4.74 Å². The van der Waals surface area contributed by atoms with E-state index in [0.29, 0.717) is 5.69 Å². The third kappa shape index (κ3) is 3.67. The first-order chi connectivity index (χ1) is 11.7. The molecule has 0 aromatic heterocycles. The van der Waals surface area contributed by atoms with Crippen LogP contribution in [0.1, 0.15) is 40.0 Å². The van der Waals surface area contributed by atoms with Gasteiger partial charge >= 0.3 is 6.09 Å². The number of halogens is 1. The highest BCUT2D eigenvalue weighted by atomic mass is 79.9. The number of nitrogens with zero attached hydrogens (tertiary/aromatic N) is 2. The van der Waals surface area contributed by atoms with Gasteiger partial charge in [0.05, 0.1) is 5.69 Å². The molecule has 136 valence electrons. The summed E-state index contributed by atoms with van der Waals surface area (Å²) in [4.78, 5) is 27.3. The standard InChI is InChI=1S/C18H24BrN3O3/c1-18(2,3)25-17(24)21-14-7-4-11(10-14)15(21)16(23)22(20)13-8-5-12(19)6-9-13/h5-6,8-9,11,14-15H,4,7,10,20H2,1-3H3. The maximum atomic E-state index is 13.0. The Balaban J connectivity index is 1.82. The molecule has 1 heterocycles. The number of amides is 2. The van der Waals surface area contributed by atoms with Crippen LogP contribution in [0.2, 0.25) is 0 Å². The van der Waals surface area contributed by atoms with Crippen molar-refractivity contribution in [1.82, 2.24) is 4.90 Å². The van der Waals surface area contributed by atoms with Crippen molar-refractivity contribution in [3.8, 4) is 0 Å². The number of anilines is 1. The molecule has 1 aromatic carbocycles. The molecule has 3 atom stereocenters. The number of likely N-dealkylation sites (tertiary alicyclic amines) is 1. The minimum atomic E-state index is -0.597. The van der Waals surface area contributed by atoms with Gasteiger partial charge in [0.2, 0.25) is 0 Å². The Morgan fingerprint density at radius 3 is 2.48 bits per heavy atom. The van der Waals surface area contributed by atoms with Crippen molar-refractivity contribution in [1.29, 1.82) is 0 Å². The van der Waals surface area contributed by atoms with E-state index < -0.39 is 17.7 Å². The fraction of sp³-hybridized carbons (Fsp3) is 0.556. The lowest BCUT2D eigenvalue weighted by Gasteiger charge is -2.37. The molecule has 2 aliphatic rings. The SMILES string of the molecule is CC(C)(C)OC(=O)N1C2CCC(C2)C1C(=O)N(N)c1ccc(Br)cc1. The summed E-state index contributed by atoms with van der Waals surface area (Å²) in [5.41, 5.74) is 0.000722. The molecule has 3 unspecified atom stereocenters. The Labute approximate surface area is 156 Å². The van der Waals surface area contributed by atoms with E-state index in [9.17, 15) is 9.59 Å². The largest absolute Gasteiger partial charge is 0.444 e. The highest BCUT2D eigenvalue weighted by molar-refractivity contribution is 9.10. The number of rotatable bonds is 2. The fourth-order valence-electron chi connectivity index (χ4n) is 3.75. The van der Waals surface area contributed by atoms with Gasteiger partial charge in [-0.15, -0.1) is 0 Å². The molecule has 2 amide bonds. The van der Waals surface area contributed by atoms with Gasteiger partial charge in [0.25, 0.3) is 5.91 Å². The molecule has 7 heteroatoms. The zero-order valence-electron chi connectivity index (χ0n) is 14.7. The summed E-state index contributed by atoms with van der Waals surface area (Å²) in [5, 5.41) is 1.15. The number of carbonyl (C=O) groups excluding carboxylic acids is 2. The second kappa shape index (κ2) is 6.61. The van der Waals surface area contributed by atoms with Gasteiger partial charge in [0, 0.05) is 10.5 Å². The molecular formula is C18H24BrN3O3. The summed E-state index contributed by atoms with van der Waals surface area (Å²) >= 11 is 3.37. The molecule has 1 aliphatic heterocycles. The number of benzene rings is 1. The van der Waals surface area contributed by atoms with Crippen molar-refractivity contribution in [3.63, 3.8) is 0 Å². The van der Waals surface area contributed by atoms with Crippen LogP contribution in [-0.4, -0.2) is 34.6 Å². The minimum absolute atomic E-state index is 0.0621. The monoisotopic (exact) mass is 409 g/mol. The maximum Gasteiger partial charge on any atom is 0.411 e. The molecule has 1 aromatic rings. The summed E-state index contributed by atoms with van der Waals surface area (Å²) in [6.45, 7) is 5.48. The zero-order valence-corrected chi connectivity index (χ0v) is 16.3. The van der Waals surface area contributed by atoms with Gasteiger partial charge in [0.1, 0.15) is 11.6 Å². The van der Waals surface area contributed by atoms with Crippen molar-refractivity contribution in [3.05, 3.63) is 28.7 Å². The van der Waals surface area contributed by atoms with Gasteiger partial charge in [-0.1, -0.05) is 15.9 Å². The van der Waals surface area contributed by atoms with Crippen molar-refractivity contribution in [2.45, 2.75) is 57.7 Å². The molecule has 1 aliphatic carbocycles. The van der Waals surface area contributed by atoms with Crippen molar-refractivity contribution < 1.29 is 14.3 Å². The van der Waals surface area contributed by atoms with E-state index in [4.69, 9.17) is 10.6 Å². The lowest BCUT2D eigenvalue weighted by atomic mass is 9.97. The van der Waals surface area contributed by atoms with Crippen LogP contribution in [-0.2, 0) is 9.53 Å². The van der Waals surface area contributed by atoms with Gasteiger partial charge in [-0.25, -0.2) is 15.6 Å². The lowest BCUT2D eigenvalue weighted by Crippen LogP contribution is -2.56. The normalized spacial score (nSPS) is 25.2. The van der Waals surface area contributed by atoms with Gasteiger partial charge in [-0.2, -0.15) is 0 Å². The second-order valence-electron chi connectivity index (χ2n) is 7.74. The second-order valence-corrected chi connectivity index (χ2v) is 8.66. The Morgan fingerprint density at radius 1 is 1.24 bits per heavy atom. The van der Waals surface area contributed by atoms with E-state index in [1.807, 2.05) is 32.9 Å². The van der Waals surface area contributed by atoms with Crippen LogP contribution in [0.5, 0.6) is 0 Å². The Hall–Kier alpha value is -1.60. The predicted octanol–water partition coefficient (Wildman–Crippen LogP) is 3.44. The Bertz CT molecular complexity index is 671. The van der Waals surface area contributed by atoms with Crippen LogP contribution < -0.4 is 10.9 Å². The van der Waals surface area contributed by atoms with Crippen molar-refractivity contribution in [2.75, 3.05) is 5.01 Å². The summed E-state index contributed by atoms with van der Waals surface area (Å²) in [6.07, 6.45) is 2.26. The molecule has 1 saturated carbocycles. The van der Waals surface area contributed by atoms with Gasteiger partial charge in [-0.05, 0) is 70.2 Å². The average Bonchev–Trinajstić information content (AvgIpc) is 3.13. The van der Waals surface area contributed by atoms with E-state index >= 15 is 0 Å². The Kier molecular flexibility index (Phi) is 4.81. The highest BCUT2D eigenvalue weighted by Gasteiger charge is 2.53. The predicted molar refractivity (Wildman–Crippen MR) is 98.8 cm³/mol. The van der Waals surface area contributed by atoms with E-state index in [0.717, 1.165) is 28.7 Å². The van der Waals surface area contributed by atoms with Crippen molar-refractivity contribution in [2.24, 2.45) is 11.8 Å². The van der Waals surface area contributed by atoms with Crippen LogP contribution in [0.4, 0.5) is 10.5 Å². The lowest BCUT2D eigenvalue weighted by molar-refractivity contribution is -0.125. The smallest absolute Gasteiger partial charge is 0.411 e. The van der Waals surface area contributed by atoms with E-state index in [1.54, 1.807) is 17.0 Å². The van der Waals surface area contributed by atoms with Crippen molar-refractivity contribution >= 4 is 33.6 Å². The molecule has 3 rings (SSSR count). The zero-order chi connectivity index (χ0) is 18.4. The fourth-order valence-corrected chi connectivity index (χ4v) is 4.02. The third-order valence-corrected chi connectivity index (χ3v) is 5.31. The first-order valence-electron chi connectivity index (χ1n) is 8.53. The number of ether oxygens (including phenoxy) is 1. The molecule has 25 heavy (non-hydrogen) atoms.